The van der Waals surface area contributed by atoms with Crippen LogP contribution in [0.4, 0.5) is 5.69 Å². The fourth-order valence-electron chi connectivity index (χ4n) is 1.43. The number of aliphatic hydroxyl groups is 1. The van der Waals surface area contributed by atoms with Gasteiger partial charge in [0.1, 0.15) is 5.75 Å². The van der Waals surface area contributed by atoms with Gasteiger partial charge in [-0.3, -0.25) is 4.72 Å². The van der Waals surface area contributed by atoms with Gasteiger partial charge in [0.25, 0.3) is 0 Å². The number of hydrogen-bond acceptors (Lipinski definition) is 4. The maximum Gasteiger partial charge on any atom is 0.232 e. The van der Waals surface area contributed by atoms with Crippen molar-refractivity contribution in [3.05, 3.63) is 24.3 Å². The van der Waals surface area contributed by atoms with Gasteiger partial charge in [0.2, 0.25) is 10.0 Å². The number of sulfonamides is 1. The Morgan fingerprint density at radius 3 is 2.79 bits per heavy atom. The van der Waals surface area contributed by atoms with E-state index in [1.165, 1.54) is 0 Å². The molecule has 0 aliphatic rings. The van der Waals surface area contributed by atoms with Crippen LogP contribution < -0.4 is 9.46 Å². The van der Waals surface area contributed by atoms with Gasteiger partial charge in [0, 0.05) is 12.7 Å². The van der Waals surface area contributed by atoms with Gasteiger partial charge in [0.05, 0.1) is 17.5 Å². The van der Waals surface area contributed by atoms with Crippen molar-refractivity contribution in [1.29, 1.82) is 0 Å². The SMILES string of the molecule is CCC(C)Oc1cccc(NS(=O)(=O)CCCO)c1. The summed E-state index contributed by atoms with van der Waals surface area (Å²) in [4.78, 5) is 0. The Hall–Kier alpha value is -1.27. The standard InChI is InChI=1S/C13H21NO4S/c1-3-11(2)18-13-7-4-6-12(10-13)14-19(16,17)9-5-8-15/h4,6-7,10-11,14-15H,3,5,8-9H2,1-2H3. The maximum atomic E-state index is 11.7. The van der Waals surface area contributed by atoms with Crippen LogP contribution in [0, 0.1) is 0 Å². The van der Waals surface area contributed by atoms with Crippen LogP contribution >= 0.6 is 0 Å². The molecule has 1 atom stereocenters. The number of aliphatic hydroxyl groups excluding tert-OH is 1. The maximum absolute atomic E-state index is 11.7. The first kappa shape index (κ1) is 15.8. The van der Waals surface area contributed by atoms with Crippen LogP contribution in [0.1, 0.15) is 26.7 Å². The zero-order valence-corrected chi connectivity index (χ0v) is 12.1. The summed E-state index contributed by atoms with van der Waals surface area (Å²) in [5.41, 5.74) is 0.471. The third kappa shape index (κ3) is 5.94. The molecule has 0 aliphatic heterocycles. The minimum absolute atomic E-state index is 0.0845. The van der Waals surface area contributed by atoms with Crippen molar-refractivity contribution in [3.8, 4) is 5.75 Å². The predicted molar refractivity (Wildman–Crippen MR) is 75.9 cm³/mol. The third-order valence-electron chi connectivity index (χ3n) is 2.59. The molecule has 0 amide bonds. The first-order chi connectivity index (χ1) is 8.96. The first-order valence-electron chi connectivity index (χ1n) is 6.35. The lowest BCUT2D eigenvalue weighted by atomic mass is 10.3. The van der Waals surface area contributed by atoms with Crippen molar-refractivity contribution in [3.63, 3.8) is 0 Å². The van der Waals surface area contributed by atoms with E-state index < -0.39 is 10.0 Å². The Labute approximate surface area is 114 Å². The fourth-order valence-corrected chi connectivity index (χ4v) is 2.53. The summed E-state index contributed by atoms with van der Waals surface area (Å²) in [5, 5.41) is 8.65. The lowest BCUT2D eigenvalue weighted by Gasteiger charge is -2.14. The zero-order valence-electron chi connectivity index (χ0n) is 11.3. The third-order valence-corrected chi connectivity index (χ3v) is 3.96. The molecule has 0 saturated carbocycles. The van der Waals surface area contributed by atoms with E-state index in [1.54, 1.807) is 24.3 Å². The largest absolute Gasteiger partial charge is 0.491 e. The average Bonchev–Trinajstić information content (AvgIpc) is 2.36. The lowest BCUT2D eigenvalue weighted by molar-refractivity contribution is 0.217. The summed E-state index contributed by atoms with van der Waals surface area (Å²) in [6.07, 6.45) is 1.19. The molecule has 0 heterocycles. The van der Waals surface area contributed by atoms with Crippen LogP contribution in [0.25, 0.3) is 0 Å². The van der Waals surface area contributed by atoms with E-state index in [4.69, 9.17) is 9.84 Å². The molecule has 6 heteroatoms. The second kappa shape index (κ2) is 7.35. The van der Waals surface area contributed by atoms with Gasteiger partial charge in [-0.1, -0.05) is 13.0 Å². The highest BCUT2D eigenvalue weighted by atomic mass is 32.2. The molecular weight excluding hydrogens is 266 g/mol. The highest BCUT2D eigenvalue weighted by Crippen LogP contribution is 2.20. The molecule has 0 saturated heterocycles. The first-order valence-corrected chi connectivity index (χ1v) is 8.00. The molecule has 0 bridgehead atoms. The molecule has 1 aromatic rings. The number of benzene rings is 1. The van der Waals surface area contributed by atoms with Crippen LogP contribution in [-0.4, -0.2) is 32.0 Å². The number of anilines is 1. The second-order valence-corrected chi connectivity index (χ2v) is 6.20. The Morgan fingerprint density at radius 1 is 1.42 bits per heavy atom. The van der Waals surface area contributed by atoms with Gasteiger partial charge in [0.15, 0.2) is 0 Å². The van der Waals surface area contributed by atoms with Crippen LogP contribution in [0.2, 0.25) is 0 Å². The van der Waals surface area contributed by atoms with Crippen LogP contribution in [0.5, 0.6) is 5.75 Å². The van der Waals surface area contributed by atoms with E-state index in [0.29, 0.717) is 11.4 Å². The van der Waals surface area contributed by atoms with Crippen molar-refractivity contribution in [2.24, 2.45) is 0 Å². The van der Waals surface area contributed by atoms with Gasteiger partial charge in [-0.25, -0.2) is 8.42 Å². The molecular formula is C13H21NO4S. The molecule has 0 aliphatic carbocycles. The molecule has 0 aromatic heterocycles. The fraction of sp³-hybridized carbons (Fsp3) is 0.538. The van der Waals surface area contributed by atoms with Crippen molar-refractivity contribution in [2.45, 2.75) is 32.8 Å². The topological polar surface area (TPSA) is 75.6 Å². The molecule has 108 valence electrons. The summed E-state index contributed by atoms with van der Waals surface area (Å²) >= 11 is 0. The van der Waals surface area contributed by atoms with Gasteiger partial charge in [-0.2, -0.15) is 0 Å². The normalized spacial score (nSPS) is 13.0. The van der Waals surface area contributed by atoms with Crippen molar-refractivity contribution in [1.82, 2.24) is 0 Å². The highest BCUT2D eigenvalue weighted by Gasteiger charge is 2.10. The molecule has 0 fully saturated rings. The van der Waals surface area contributed by atoms with E-state index in [1.807, 2.05) is 13.8 Å². The van der Waals surface area contributed by atoms with Gasteiger partial charge < -0.3 is 9.84 Å². The molecule has 2 N–H and O–H groups in total. The minimum atomic E-state index is -3.41. The monoisotopic (exact) mass is 287 g/mol. The number of ether oxygens (including phenoxy) is 1. The molecule has 1 aromatic carbocycles. The van der Waals surface area contributed by atoms with Crippen LogP contribution in [0.15, 0.2) is 24.3 Å². The van der Waals surface area contributed by atoms with Crippen molar-refractivity contribution in [2.75, 3.05) is 17.1 Å². The number of nitrogens with one attached hydrogen (secondary N) is 1. The number of rotatable bonds is 8. The van der Waals surface area contributed by atoms with E-state index in [2.05, 4.69) is 4.72 Å². The van der Waals surface area contributed by atoms with Gasteiger partial charge in [-0.15, -0.1) is 0 Å². The molecule has 1 unspecified atom stereocenters. The van der Waals surface area contributed by atoms with Crippen molar-refractivity contribution >= 4 is 15.7 Å². The summed E-state index contributed by atoms with van der Waals surface area (Å²) < 4.78 is 31.5. The summed E-state index contributed by atoms with van der Waals surface area (Å²) in [6, 6.07) is 6.85. The summed E-state index contributed by atoms with van der Waals surface area (Å²) in [6.45, 7) is 3.84. The second-order valence-electron chi connectivity index (χ2n) is 4.36. The van der Waals surface area contributed by atoms with E-state index in [0.717, 1.165) is 6.42 Å². The molecule has 5 nitrogen and oxygen atoms in total. The van der Waals surface area contributed by atoms with E-state index in [-0.39, 0.29) is 24.9 Å². The summed E-state index contributed by atoms with van der Waals surface area (Å²) in [5.74, 6) is 0.539. The van der Waals surface area contributed by atoms with Crippen molar-refractivity contribution < 1.29 is 18.3 Å². The van der Waals surface area contributed by atoms with Gasteiger partial charge in [-0.05, 0) is 31.9 Å². The van der Waals surface area contributed by atoms with E-state index in [9.17, 15) is 8.42 Å². The van der Waals surface area contributed by atoms with E-state index >= 15 is 0 Å². The lowest BCUT2D eigenvalue weighted by Crippen LogP contribution is -2.17. The van der Waals surface area contributed by atoms with Crippen LogP contribution in [-0.2, 0) is 10.0 Å². The predicted octanol–water partition coefficient (Wildman–Crippen LogP) is 1.99. The quantitative estimate of drug-likeness (QED) is 0.766. The summed E-state index contributed by atoms with van der Waals surface area (Å²) in [7, 11) is -3.41. The number of hydrogen-bond donors (Lipinski definition) is 2. The highest BCUT2D eigenvalue weighted by molar-refractivity contribution is 7.92. The smallest absolute Gasteiger partial charge is 0.232 e. The average molecular weight is 287 g/mol. The molecule has 0 radical (unpaired) electrons. The zero-order chi connectivity index (χ0) is 14.3. The van der Waals surface area contributed by atoms with Crippen LogP contribution in [0.3, 0.4) is 0 Å². The molecule has 0 spiro atoms. The Morgan fingerprint density at radius 2 is 2.16 bits per heavy atom. The van der Waals surface area contributed by atoms with Gasteiger partial charge >= 0.3 is 0 Å². The molecule has 19 heavy (non-hydrogen) atoms. The minimum Gasteiger partial charge on any atom is -0.491 e. The Bertz CT molecular complexity index is 487. The Balaban J connectivity index is 2.71. The Kier molecular flexibility index (Phi) is 6.11. The molecule has 1 rings (SSSR count).